The lowest BCUT2D eigenvalue weighted by atomic mass is 10.1. The number of aromatic nitrogens is 2. The van der Waals surface area contributed by atoms with Gasteiger partial charge in [-0.3, -0.25) is 0 Å². The molecule has 1 heterocycles. The smallest absolute Gasteiger partial charge is 0.226 e. The topological polar surface area (TPSA) is 74.2 Å². The van der Waals surface area contributed by atoms with Gasteiger partial charge in [-0.1, -0.05) is 30.3 Å². The van der Waals surface area contributed by atoms with Gasteiger partial charge in [-0.05, 0) is 24.9 Å². The molecule has 0 fully saturated rings. The maximum atomic E-state index is 5.59. The van der Waals surface area contributed by atoms with Gasteiger partial charge < -0.3 is 15.0 Å². The van der Waals surface area contributed by atoms with Crippen molar-refractivity contribution < 1.29 is 9.26 Å². The van der Waals surface area contributed by atoms with E-state index in [9.17, 15) is 0 Å². The molecule has 1 aromatic heterocycles. The number of rotatable bonds is 7. The monoisotopic (exact) mass is 275 g/mol. The average Bonchev–Trinajstić information content (AvgIpc) is 2.93. The Kier molecular flexibility index (Phi) is 5.12. The molecule has 5 heteroatoms. The number of nitrogens with two attached hydrogens (primary N) is 1. The van der Waals surface area contributed by atoms with E-state index in [-0.39, 0.29) is 0 Å². The van der Waals surface area contributed by atoms with Crippen molar-refractivity contribution in [2.24, 2.45) is 11.7 Å². The molecule has 20 heavy (non-hydrogen) atoms. The molecule has 0 bridgehead atoms. The van der Waals surface area contributed by atoms with E-state index in [2.05, 4.69) is 17.1 Å². The summed E-state index contributed by atoms with van der Waals surface area (Å²) in [5, 5.41) is 4.02. The predicted octanol–water partition coefficient (Wildman–Crippen LogP) is 2.20. The van der Waals surface area contributed by atoms with E-state index in [1.807, 2.05) is 24.3 Å². The van der Waals surface area contributed by atoms with Gasteiger partial charge in [0.15, 0.2) is 5.82 Å². The summed E-state index contributed by atoms with van der Waals surface area (Å²) in [4.78, 5) is 4.41. The van der Waals surface area contributed by atoms with Crippen LogP contribution in [0.15, 0.2) is 28.8 Å². The fourth-order valence-electron chi connectivity index (χ4n) is 1.97. The molecule has 0 aliphatic rings. The molecule has 2 N–H and O–H groups in total. The number of benzene rings is 1. The summed E-state index contributed by atoms with van der Waals surface area (Å²) in [6, 6.07) is 7.85. The van der Waals surface area contributed by atoms with E-state index in [0.717, 1.165) is 24.2 Å². The molecule has 1 atom stereocenters. The Morgan fingerprint density at radius 3 is 2.90 bits per heavy atom. The second-order valence-corrected chi connectivity index (χ2v) is 4.97. The van der Waals surface area contributed by atoms with Gasteiger partial charge >= 0.3 is 0 Å². The van der Waals surface area contributed by atoms with E-state index in [0.29, 0.717) is 30.6 Å². The van der Waals surface area contributed by atoms with Crippen LogP contribution in [0.4, 0.5) is 0 Å². The van der Waals surface area contributed by atoms with Crippen LogP contribution in [0, 0.1) is 5.92 Å². The highest BCUT2D eigenvalue weighted by Gasteiger charge is 2.11. The Morgan fingerprint density at radius 1 is 1.35 bits per heavy atom. The third-order valence-electron chi connectivity index (χ3n) is 3.30. The molecule has 0 saturated heterocycles. The summed E-state index contributed by atoms with van der Waals surface area (Å²) in [5.74, 6) is 2.68. The minimum Gasteiger partial charge on any atom is -0.496 e. The first-order valence-corrected chi connectivity index (χ1v) is 6.86. The number of hydrogen-bond donors (Lipinski definition) is 1. The van der Waals surface area contributed by atoms with Gasteiger partial charge in [0, 0.05) is 18.4 Å². The van der Waals surface area contributed by atoms with Crippen molar-refractivity contribution in [3.8, 4) is 5.75 Å². The molecule has 0 saturated carbocycles. The summed E-state index contributed by atoms with van der Waals surface area (Å²) >= 11 is 0. The lowest BCUT2D eigenvalue weighted by molar-refractivity contribution is 0.361. The van der Waals surface area contributed by atoms with Crippen LogP contribution in [0.25, 0.3) is 0 Å². The number of methoxy groups -OCH3 is 1. The summed E-state index contributed by atoms with van der Waals surface area (Å²) in [6.07, 6.45) is 2.35. The van der Waals surface area contributed by atoms with Gasteiger partial charge in [0.1, 0.15) is 5.75 Å². The number of hydrogen-bond acceptors (Lipinski definition) is 5. The highest BCUT2D eigenvalue weighted by Crippen LogP contribution is 2.20. The number of ether oxygens (including phenoxy) is 1. The minimum absolute atomic E-state index is 0.472. The van der Waals surface area contributed by atoms with Crippen molar-refractivity contribution >= 4 is 0 Å². The molecular weight excluding hydrogens is 254 g/mol. The van der Waals surface area contributed by atoms with Crippen molar-refractivity contribution in [2.75, 3.05) is 13.7 Å². The van der Waals surface area contributed by atoms with Crippen molar-refractivity contribution in [2.45, 2.75) is 26.2 Å². The molecule has 0 spiro atoms. The zero-order valence-electron chi connectivity index (χ0n) is 12.0. The lowest BCUT2D eigenvalue weighted by Gasteiger charge is -2.05. The highest BCUT2D eigenvalue weighted by atomic mass is 16.5. The standard InChI is InChI=1S/C15H21N3O2/c1-11(10-16)7-8-15-17-14(18-20-15)9-12-5-3-4-6-13(12)19-2/h3-6,11H,7-10,16H2,1-2H3. The summed E-state index contributed by atoms with van der Waals surface area (Å²) in [6.45, 7) is 2.80. The normalized spacial score (nSPS) is 12.3. The van der Waals surface area contributed by atoms with E-state index in [4.69, 9.17) is 15.0 Å². The molecule has 5 nitrogen and oxygen atoms in total. The Labute approximate surface area is 119 Å². The van der Waals surface area contributed by atoms with Crippen LogP contribution in [-0.4, -0.2) is 23.8 Å². The van der Waals surface area contributed by atoms with Gasteiger partial charge in [0.05, 0.1) is 7.11 Å². The number of para-hydroxylation sites is 1. The van der Waals surface area contributed by atoms with Crippen molar-refractivity contribution in [1.82, 2.24) is 10.1 Å². The van der Waals surface area contributed by atoms with Gasteiger partial charge in [-0.15, -0.1) is 0 Å². The molecule has 0 aliphatic heterocycles. The second kappa shape index (κ2) is 7.05. The zero-order chi connectivity index (χ0) is 14.4. The molecule has 1 unspecified atom stereocenters. The first-order chi connectivity index (χ1) is 9.72. The third-order valence-corrected chi connectivity index (χ3v) is 3.30. The minimum atomic E-state index is 0.472. The van der Waals surface area contributed by atoms with Gasteiger partial charge in [-0.2, -0.15) is 4.98 Å². The molecule has 108 valence electrons. The molecule has 2 rings (SSSR count). The number of nitrogens with zero attached hydrogens (tertiary/aromatic N) is 2. The molecule has 0 radical (unpaired) electrons. The van der Waals surface area contributed by atoms with Crippen LogP contribution < -0.4 is 10.5 Å². The highest BCUT2D eigenvalue weighted by molar-refractivity contribution is 5.35. The maximum Gasteiger partial charge on any atom is 0.226 e. The van der Waals surface area contributed by atoms with Crippen molar-refractivity contribution in [1.29, 1.82) is 0 Å². The van der Waals surface area contributed by atoms with Crippen LogP contribution in [-0.2, 0) is 12.8 Å². The fraction of sp³-hybridized carbons (Fsp3) is 0.467. The van der Waals surface area contributed by atoms with Crippen molar-refractivity contribution in [3.05, 3.63) is 41.5 Å². The van der Waals surface area contributed by atoms with Crippen LogP contribution in [0.3, 0.4) is 0 Å². The van der Waals surface area contributed by atoms with E-state index in [1.165, 1.54) is 0 Å². The largest absolute Gasteiger partial charge is 0.496 e. The average molecular weight is 275 g/mol. The van der Waals surface area contributed by atoms with Crippen LogP contribution in [0.1, 0.15) is 30.6 Å². The van der Waals surface area contributed by atoms with Crippen LogP contribution in [0.2, 0.25) is 0 Å². The fourth-order valence-corrected chi connectivity index (χ4v) is 1.97. The Balaban J connectivity index is 1.99. The van der Waals surface area contributed by atoms with Crippen LogP contribution >= 0.6 is 0 Å². The molecular formula is C15H21N3O2. The second-order valence-electron chi connectivity index (χ2n) is 4.97. The van der Waals surface area contributed by atoms with Crippen molar-refractivity contribution in [3.63, 3.8) is 0 Å². The van der Waals surface area contributed by atoms with E-state index >= 15 is 0 Å². The molecule has 2 aromatic rings. The molecule has 0 aliphatic carbocycles. The Bertz CT molecular complexity index is 539. The Morgan fingerprint density at radius 2 is 2.15 bits per heavy atom. The quantitative estimate of drug-likeness (QED) is 0.838. The lowest BCUT2D eigenvalue weighted by Crippen LogP contribution is -2.11. The Hall–Kier alpha value is -1.88. The van der Waals surface area contributed by atoms with Gasteiger partial charge in [-0.25, -0.2) is 0 Å². The SMILES string of the molecule is COc1ccccc1Cc1noc(CCC(C)CN)n1. The van der Waals surface area contributed by atoms with Gasteiger partial charge in [0.25, 0.3) is 0 Å². The zero-order valence-corrected chi connectivity index (χ0v) is 12.0. The molecule has 0 amide bonds. The maximum absolute atomic E-state index is 5.59. The predicted molar refractivity (Wildman–Crippen MR) is 76.6 cm³/mol. The first kappa shape index (κ1) is 14.5. The number of aryl methyl sites for hydroxylation is 1. The van der Waals surface area contributed by atoms with E-state index < -0.39 is 0 Å². The van der Waals surface area contributed by atoms with Gasteiger partial charge in [0.2, 0.25) is 5.89 Å². The first-order valence-electron chi connectivity index (χ1n) is 6.86. The molecule has 1 aromatic carbocycles. The summed E-state index contributed by atoms with van der Waals surface area (Å²) in [7, 11) is 1.66. The third kappa shape index (κ3) is 3.81. The summed E-state index contributed by atoms with van der Waals surface area (Å²) in [5.41, 5.74) is 6.65. The van der Waals surface area contributed by atoms with Crippen LogP contribution in [0.5, 0.6) is 5.75 Å². The van der Waals surface area contributed by atoms with E-state index in [1.54, 1.807) is 7.11 Å². The summed E-state index contributed by atoms with van der Waals surface area (Å²) < 4.78 is 10.6.